The Balaban J connectivity index is 1.40. The second-order valence-electron chi connectivity index (χ2n) is 8.62. The summed E-state index contributed by atoms with van der Waals surface area (Å²) in [6.07, 6.45) is 3.82. The van der Waals surface area contributed by atoms with Crippen molar-refractivity contribution in [3.63, 3.8) is 0 Å². The summed E-state index contributed by atoms with van der Waals surface area (Å²) < 4.78 is 33.4. The van der Waals surface area contributed by atoms with Gasteiger partial charge in [-0.15, -0.1) is 0 Å². The zero-order valence-electron chi connectivity index (χ0n) is 20.4. The van der Waals surface area contributed by atoms with Gasteiger partial charge in [-0.2, -0.15) is 9.40 Å². The highest BCUT2D eigenvalue weighted by Crippen LogP contribution is 2.34. The number of nitrogens with one attached hydrogen (secondary N) is 2. The van der Waals surface area contributed by atoms with Gasteiger partial charge in [0.05, 0.1) is 35.0 Å². The molecule has 0 fully saturated rings. The van der Waals surface area contributed by atoms with Crippen LogP contribution in [0.5, 0.6) is 5.75 Å². The van der Waals surface area contributed by atoms with Crippen LogP contribution in [-0.4, -0.2) is 50.7 Å². The highest BCUT2D eigenvalue weighted by Gasteiger charge is 2.33. The average Bonchev–Trinajstić information content (AvgIpc) is 3.57. The van der Waals surface area contributed by atoms with Crippen LogP contribution in [0.4, 0.5) is 0 Å². The molecule has 4 aromatic rings. The van der Waals surface area contributed by atoms with Crippen LogP contribution in [0, 0.1) is 0 Å². The first-order valence-electron chi connectivity index (χ1n) is 11.5. The first-order valence-corrected chi connectivity index (χ1v) is 13.7. The second kappa shape index (κ2) is 10.3. The molecular weight excluding hydrogens is 549 g/mol. The summed E-state index contributed by atoms with van der Waals surface area (Å²) in [5.41, 5.74) is 3.34. The third kappa shape index (κ3) is 4.85. The molecule has 0 bridgehead atoms. The van der Waals surface area contributed by atoms with Gasteiger partial charge < -0.3 is 9.72 Å². The monoisotopic (exact) mass is 571 g/mol. The number of H-pyrrole nitrogens is 2. The number of ether oxygens (including phenoxy) is 1. The minimum absolute atomic E-state index is 0.144. The van der Waals surface area contributed by atoms with E-state index in [0.29, 0.717) is 44.3 Å². The fourth-order valence-electron chi connectivity index (χ4n) is 4.34. The third-order valence-corrected chi connectivity index (χ3v) is 8.39. The van der Waals surface area contributed by atoms with Crippen LogP contribution in [0.3, 0.4) is 0 Å². The number of nitrogens with zero attached hydrogens (tertiary/aromatic N) is 5. The smallest absolute Gasteiger partial charge is 0.245 e. The van der Waals surface area contributed by atoms with Crippen molar-refractivity contribution in [3.05, 3.63) is 76.0 Å². The molecular formula is C25H23Cl2N7O3S. The van der Waals surface area contributed by atoms with Crippen molar-refractivity contribution in [2.45, 2.75) is 37.9 Å². The number of hydrogen-bond donors (Lipinski definition) is 2. The molecule has 10 nitrogen and oxygen atoms in total. The third-order valence-electron chi connectivity index (χ3n) is 6.11. The van der Waals surface area contributed by atoms with E-state index in [2.05, 4.69) is 36.9 Å². The summed E-state index contributed by atoms with van der Waals surface area (Å²) in [5, 5.41) is 9.05. The van der Waals surface area contributed by atoms with Crippen molar-refractivity contribution >= 4 is 50.8 Å². The number of aliphatic imine (C=N–C) groups is 1. The lowest BCUT2D eigenvalue weighted by Crippen LogP contribution is -2.26. The summed E-state index contributed by atoms with van der Waals surface area (Å²) in [5.74, 6) is 1.11. The summed E-state index contributed by atoms with van der Waals surface area (Å²) in [6, 6.07) is 8.64. The lowest BCUT2D eigenvalue weighted by atomic mass is 10.1. The van der Waals surface area contributed by atoms with Crippen molar-refractivity contribution in [3.8, 4) is 17.3 Å². The standard InChI is InChI=1S/C25H23Cl2N7O3S/c1-14(26)23(19(27)11-28-3)15(2)37-16-6-7-20-18(9-16)24(33-32-20)25-30-21-12-34(13-22(21)31-25)38(35,36)17-5-4-8-29-10-17/h4-11,15H,3,12-13H2,1-2H3,(H,30,31)(H,32,33)/b19-11+,23-14+. The van der Waals surface area contributed by atoms with Gasteiger partial charge in [0, 0.05) is 34.6 Å². The second-order valence-corrected chi connectivity index (χ2v) is 11.5. The SMILES string of the molecule is C=N/C=C(Cl)\C(=C(/C)Cl)C(C)Oc1ccc2[nH]nc(-c3nc4c([nH]3)CN(S(=O)(=O)c3cccnc3)C4)c2c1. The van der Waals surface area contributed by atoms with E-state index in [1.54, 1.807) is 13.0 Å². The van der Waals surface area contributed by atoms with E-state index in [1.165, 1.54) is 29.0 Å². The fourth-order valence-corrected chi connectivity index (χ4v) is 6.34. The fraction of sp³-hybridized carbons (Fsp3) is 0.200. The van der Waals surface area contributed by atoms with Gasteiger partial charge in [-0.05, 0) is 50.9 Å². The Morgan fingerprint density at radius 2 is 2.11 bits per heavy atom. The minimum Gasteiger partial charge on any atom is -0.486 e. The zero-order chi connectivity index (χ0) is 27.0. The maximum absolute atomic E-state index is 13.0. The number of rotatable bonds is 8. The molecule has 3 aromatic heterocycles. The highest BCUT2D eigenvalue weighted by molar-refractivity contribution is 7.89. The van der Waals surface area contributed by atoms with E-state index in [0.717, 1.165) is 10.9 Å². The van der Waals surface area contributed by atoms with Crippen LogP contribution >= 0.6 is 23.2 Å². The van der Waals surface area contributed by atoms with Crippen LogP contribution in [0.2, 0.25) is 0 Å². The molecule has 1 aliphatic rings. The van der Waals surface area contributed by atoms with Crippen molar-refractivity contribution in [1.29, 1.82) is 0 Å². The van der Waals surface area contributed by atoms with Gasteiger partial charge in [0.1, 0.15) is 22.4 Å². The van der Waals surface area contributed by atoms with Gasteiger partial charge in [0.15, 0.2) is 5.82 Å². The average molecular weight is 572 g/mol. The van der Waals surface area contributed by atoms with E-state index in [1.807, 2.05) is 25.1 Å². The molecule has 1 unspecified atom stereocenters. The predicted octanol–water partition coefficient (Wildman–Crippen LogP) is 5.11. The first-order chi connectivity index (χ1) is 18.2. The van der Waals surface area contributed by atoms with Gasteiger partial charge in [-0.3, -0.25) is 15.1 Å². The topological polar surface area (TPSA) is 129 Å². The Kier molecular flexibility index (Phi) is 7.10. The number of aromatic amines is 2. The van der Waals surface area contributed by atoms with Gasteiger partial charge in [0.25, 0.3) is 0 Å². The van der Waals surface area contributed by atoms with Crippen LogP contribution in [0.15, 0.2) is 74.5 Å². The van der Waals surface area contributed by atoms with Crippen molar-refractivity contribution in [1.82, 2.24) is 29.5 Å². The van der Waals surface area contributed by atoms with Crippen LogP contribution in [0.1, 0.15) is 25.2 Å². The molecule has 0 radical (unpaired) electrons. The molecule has 1 aliphatic heterocycles. The highest BCUT2D eigenvalue weighted by atomic mass is 35.5. The maximum Gasteiger partial charge on any atom is 0.245 e. The molecule has 0 aliphatic carbocycles. The molecule has 0 saturated carbocycles. The number of aromatic nitrogens is 5. The Hall–Kier alpha value is -3.51. The molecule has 0 saturated heterocycles. The zero-order valence-corrected chi connectivity index (χ0v) is 22.8. The van der Waals surface area contributed by atoms with Crippen molar-refractivity contribution < 1.29 is 13.2 Å². The first kappa shape index (κ1) is 26.1. The normalized spacial score (nSPS) is 15.8. The molecule has 0 spiro atoms. The molecule has 38 heavy (non-hydrogen) atoms. The number of pyridine rings is 1. The maximum atomic E-state index is 13.0. The summed E-state index contributed by atoms with van der Waals surface area (Å²) in [6.45, 7) is 7.32. The molecule has 4 heterocycles. The van der Waals surface area contributed by atoms with Gasteiger partial charge >= 0.3 is 0 Å². The minimum atomic E-state index is -3.68. The van der Waals surface area contributed by atoms with E-state index in [4.69, 9.17) is 27.9 Å². The molecule has 1 atom stereocenters. The van der Waals surface area contributed by atoms with Gasteiger partial charge in [-0.1, -0.05) is 23.2 Å². The molecule has 196 valence electrons. The number of sulfonamides is 1. The van der Waals surface area contributed by atoms with Gasteiger partial charge in [0.2, 0.25) is 10.0 Å². The van der Waals surface area contributed by atoms with E-state index >= 15 is 0 Å². The van der Waals surface area contributed by atoms with Crippen molar-refractivity contribution in [2.24, 2.45) is 4.99 Å². The predicted molar refractivity (Wildman–Crippen MR) is 146 cm³/mol. The number of fused-ring (bicyclic) bond motifs is 2. The largest absolute Gasteiger partial charge is 0.486 e. The molecule has 1 aromatic carbocycles. The molecule has 5 rings (SSSR count). The lowest BCUT2D eigenvalue weighted by molar-refractivity contribution is 0.260. The molecule has 13 heteroatoms. The van der Waals surface area contributed by atoms with Crippen LogP contribution in [0.25, 0.3) is 22.4 Å². The Morgan fingerprint density at radius 1 is 1.29 bits per heavy atom. The number of hydrogen-bond acceptors (Lipinski definition) is 7. The van der Waals surface area contributed by atoms with E-state index in [-0.39, 0.29) is 18.0 Å². The Bertz CT molecular complexity index is 1670. The molecule has 2 N–H and O–H groups in total. The summed E-state index contributed by atoms with van der Waals surface area (Å²) in [7, 11) is -3.68. The van der Waals surface area contributed by atoms with E-state index < -0.39 is 16.1 Å². The number of benzene rings is 1. The van der Waals surface area contributed by atoms with E-state index in [9.17, 15) is 8.42 Å². The Labute approximate surface area is 229 Å². The summed E-state index contributed by atoms with van der Waals surface area (Å²) >= 11 is 12.6. The summed E-state index contributed by atoms with van der Waals surface area (Å²) in [4.78, 5) is 15.7. The van der Waals surface area contributed by atoms with Gasteiger partial charge in [-0.25, -0.2) is 13.4 Å². The molecule has 0 amide bonds. The quantitative estimate of drug-likeness (QED) is 0.223. The van der Waals surface area contributed by atoms with Crippen LogP contribution < -0.4 is 4.74 Å². The van der Waals surface area contributed by atoms with Crippen molar-refractivity contribution in [2.75, 3.05) is 0 Å². The Morgan fingerprint density at radius 3 is 2.79 bits per heavy atom. The number of allylic oxidation sites excluding steroid dienone is 1. The number of imidazole rings is 1. The number of halogens is 2. The van der Waals surface area contributed by atoms with Crippen LogP contribution in [-0.2, 0) is 23.1 Å². The lowest BCUT2D eigenvalue weighted by Gasteiger charge is -2.18.